The largest absolute Gasteiger partial charge is 0.330 e. The van der Waals surface area contributed by atoms with Gasteiger partial charge in [0.25, 0.3) is 0 Å². The van der Waals surface area contributed by atoms with Crippen molar-refractivity contribution in [3.63, 3.8) is 0 Å². The highest BCUT2D eigenvalue weighted by Gasteiger charge is 2.09. The van der Waals surface area contributed by atoms with Gasteiger partial charge < -0.3 is 10.6 Å². The summed E-state index contributed by atoms with van der Waals surface area (Å²) in [6.07, 6.45) is 0. The molecule has 0 amide bonds. The van der Waals surface area contributed by atoms with Crippen LogP contribution >= 0.6 is 24.8 Å². The van der Waals surface area contributed by atoms with Crippen LogP contribution in [0, 0.1) is 0 Å². The zero-order chi connectivity index (χ0) is 9.68. The van der Waals surface area contributed by atoms with Gasteiger partial charge in [-0.25, -0.2) is 0 Å². The fourth-order valence-corrected chi connectivity index (χ4v) is 1.48. The molecule has 1 rings (SSSR count). The molecule has 0 aromatic heterocycles. The summed E-state index contributed by atoms with van der Waals surface area (Å²) in [5.74, 6) is 0.455. The van der Waals surface area contributed by atoms with Gasteiger partial charge in [0, 0.05) is 19.0 Å². The van der Waals surface area contributed by atoms with Crippen molar-refractivity contribution >= 4 is 24.8 Å². The minimum absolute atomic E-state index is 0. The normalized spacial score (nSPS) is 11.5. The molecular formula is C11H20Cl2N2. The van der Waals surface area contributed by atoms with E-state index in [-0.39, 0.29) is 24.8 Å². The first-order valence-electron chi connectivity index (χ1n) is 4.63. The molecule has 0 aliphatic rings. The smallest absolute Gasteiger partial charge is 0.00886 e. The third-order valence-electron chi connectivity index (χ3n) is 2.14. The third-order valence-corrected chi connectivity index (χ3v) is 2.14. The van der Waals surface area contributed by atoms with Crippen LogP contribution in [0.1, 0.15) is 11.5 Å². The van der Waals surface area contributed by atoms with Crippen LogP contribution in [0.2, 0.25) is 0 Å². The lowest BCUT2D eigenvalue weighted by Crippen LogP contribution is -2.25. The lowest BCUT2D eigenvalue weighted by atomic mass is 9.99. The molecule has 0 fully saturated rings. The topological polar surface area (TPSA) is 29.3 Å². The number of hydrogen-bond donors (Lipinski definition) is 1. The zero-order valence-corrected chi connectivity index (χ0v) is 10.9. The standard InChI is InChI=1S/C11H18N2.2ClH/c1-13(2)9-11(8-12)10-6-4-3-5-7-10;;/h3-7,11H,8-9,12H2,1-2H3;2*1H. The summed E-state index contributed by atoms with van der Waals surface area (Å²) < 4.78 is 0. The Morgan fingerprint density at radius 2 is 1.67 bits per heavy atom. The van der Waals surface area contributed by atoms with Crippen LogP contribution in [0.5, 0.6) is 0 Å². The molecule has 0 saturated heterocycles. The average molecular weight is 251 g/mol. The van der Waals surface area contributed by atoms with Gasteiger partial charge in [0.2, 0.25) is 0 Å². The van der Waals surface area contributed by atoms with Crippen LogP contribution in [0.4, 0.5) is 0 Å². The maximum Gasteiger partial charge on any atom is 0.00886 e. The fourth-order valence-electron chi connectivity index (χ4n) is 1.48. The number of hydrogen-bond acceptors (Lipinski definition) is 2. The van der Waals surface area contributed by atoms with Gasteiger partial charge in [-0.05, 0) is 19.7 Å². The van der Waals surface area contributed by atoms with Gasteiger partial charge in [0.05, 0.1) is 0 Å². The molecule has 1 unspecified atom stereocenters. The second-order valence-electron chi connectivity index (χ2n) is 3.61. The summed E-state index contributed by atoms with van der Waals surface area (Å²) in [4.78, 5) is 2.17. The number of likely N-dealkylation sites (N-methyl/N-ethyl adjacent to an activating group) is 1. The number of halogens is 2. The molecule has 15 heavy (non-hydrogen) atoms. The molecule has 0 heterocycles. The fraction of sp³-hybridized carbons (Fsp3) is 0.455. The van der Waals surface area contributed by atoms with Crippen molar-refractivity contribution in [2.75, 3.05) is 27.2 Å². The van der Waals surface area contributed by atoms with Crippen LogP contribution in [-0.4, -0.2) is 32.1 Å². The van der Waals surface area contributed by atoms with E-state index in [9.17, 15) is 0 Å². The minimum atomic E-state index is 0. The molecule has 4 heteroatoms. The number of nitrogens with two attached hydrogens (primary N) is 1. The monoisotopic (exact) mass is 250 g/mol. The van der Waals surface area contributed by atoms with Crippen LogP contribution in [0.3, 0.4) is 0 Å². The molecular weight excluding hydrogens is 231 g/mol. The first-order valence-corrected chi connectivity index (χ1v) is 4.63. The van der Waals surface area contributed by atoms with Gasteiger partial charge in [0.1, 0.15) is 0 Å². The molecule has 88 valence electrons. The number of rotatable bonds is 4. The maximum absolute atomic E-state index is 5.73. The van der Waals surface area contributed by atoms with Gasteiger partial charge in [-0.3, -0.25) is 0 Å². The van der Waals surface area contributed by atoms with E-state index < -0.39 is 0 Å². The second-order valence-corrected chi connectivity index (χ2v) is 3.61. The Morgan fingerprint density at radius 3 is 2.07 bits per heavy atom. The SMILES string of the molecule is CN(C)CC(CN)c1ccccc1.Cl.Cl. The second kappa shape index (κ2) is 8.98. The summed E-state index contributed by atoms with van der Waals surface area (Å²) in [6, 6.07) is 10.4. The third kappa shape index (κ3) is 6.00. The van der Waals surface area contributed by atoms with Crippen LogP contribution in [0.25, 0.3) is 0 Å². The lowest BCUT2D eigenvalue weighted by molar-refractivity contribution is 0.375. The summed E-state index contributed by atoms with van der Waals surface area (Å²) in [7, 11) is 4.15. The molecule has 1 atom stereocenters. The Hall–Kier alpha value is -0.280. The highest BCUT2D eigenvalue weighted by Crippen LogP contribution is 2.14. The molecule has 0 radical (unpaired) electrons. The van der Waals surface area contributed by atoms with Crippen LogP contribution in [-0.2, 0) is 0 Å². The van der Waals surface area contributed by atoms with Crippen molar-refractivity contribution in [2.24, 2.45) is 5.73 Å². The van der Waals surface area contributed by atoms with Crippen molar-refractivity contribution < 1.29 is 0 Å². The predicted octanol–water partition coefficient (Wildman–Crippen LogP) is 2.13. The number of benzene rings is 1. The van der Waals surface area contributed by atoms with E-state index in [0.717, 1.165) is 6.54 Å². The highest BCUT2D eigenvalue weighted by atomic mass is 35.5. The first kappa shape index (κ1) is 17.1. The van der Waals surface area contributed by atoms with E-state index in [1.807, 2.05) is 6.07 Å². The average Bonchev–Trinajstić information content (AvgIpc) is 2.15. The summed E-state index contributed by atoms with van der Waals surface area (Å²) in [6.45, 7) is 1.72. The molecule has 0 spiro atoms. The van der Waals surface area contributed by atoms with Crippen molar-refractivity contribution in [2.45, 2.75) is 5.92 Å². The van der Waals surface area contributed by atoms with E-state index in [2.05, 4.69) is 43.3 Å². The van der Waals surface area contributed by atoms with Crippen LogP contribution in [0.15, 0.2) is 30.3 Å². The van der Waals surface area contributed by atoms with Crippen LogP contribution < -0.4 is 5.73 Å². The summed E-state index contributed by atoms with van der Waals surface area (Å²) >= 11 is 0. The van der Waals surface area contributed by atoms with E-state index in [1.54, 1.807) is 0 Å². The van der Waals surface area contributed by atoms with E-state index in [1.165, 1.54) is 5.56 Å². The molecule has 1 aromatic carbocycles. The molecule has 0 bridgehead atoms. The van der Waals surface area contributed by atoms with E-state index in [0.29, 0.717) is 12.5 Å². The lowest BCUT2D eigenvalue weighted by Gasteiger charge is -2.19. The molecule has 0 aliphatic heterocycles. The zero-order valence-electron chi connectivity index (χ0n) is 9.22. The van der Waals surface area contributed by atoms with Crippen molar-refractivity contribution in [1.29, 1.82) is 0 Å². The molecule has 0 aliphatic carbocycles. The van der Waals surface area contributed by atoms with Crippen molar-refractivity contribution in [3.05, 3.63) is 35.9 Å². The van der Waals surface area contributed by atoms with Crippen molar-refractivity contribution in [3.8, 4) is 0 Å². The Kier molecular flexibility index (Phi) is 10.3. The molecule has 2 nitrogen and oxygen atoms in total. The van der Waals surface area contributed by atoms with E-state index in [4.69, 9.17) is 5.73 Å². The minimum Gasteiger partial charge on any atom is -0.330 e. The predicted molar refractivity (Wildman–Crippen MR) is 71.3 cm³/mol. The molecule has 1 aromatic rings. The van der Waals surface area contributed by atoms with Gasteiger partial charge in [-0.1, -0.05) is 30.3 Å². The Labute approximate surface area is 105 Å². The first-order chi connectivity index (χ1) is 6.24. The van der Waals surface area contributed by atoms with Gasteiger partial charge in [-0.15, -0.1) is 24.8 Å². The summed E-state index contributed by atoms with van der Waals surface area (Å²) in [5, 5.41) is 0. The Balaban J connectivity index is 0. The molecule has 2 N–H and O–H groups in total. The van der Waals surface area contributed by atoms with Gasteiger partial charge in [-0.2, -0.15) is 0 Å². The highest BCUT2D eigenvalue weighted by molar-refractivity contribution is 5.85. The van der Waals surface area contributed by atoms with E-state index >= 15 is 0 Å². The summed E-state index contributed by atoms with van der Waals surface area (Å²) in [5.41, 5.74) is 7.06. The van der Waals surface area contributed by atoms with Gasteiger partial charge in [0.15, 0.2) is 0 Å². The quantitative estimate of drug-likeness (QED) is 0.888. The maximum atomic E-state index is 5.73. The Bertz CT molecular complexity index is 240. The Morgan fingerprint density at radius 1 is 1.13 bits per heavy atom. The molecule has 0 saturated carbocycles. The number of nitrogens with zero attached hydrogens (tertiary/aromatic N) is 1. The van der Waals surface area contributed by atoms with Gasteiger partial charge >= 0.3 is 0 Å². The van der Waals surface area contributed by atoms with Crippen molar-refractivity contribution in [1.82, 2.24) is 4.90 Å².